The van der Waals surface area contributed by atoms with Gasteiger partial charge in [-0.15, -0.1) is 0 Å². The molecule has 3 aliphatic heterocycles. The molecule has 3 aliphatic rings. The van der Waals surface area contributed by atoms with Crippen LogP contribution in [0.15, 0.2) is 42.5 Å². The van der Waals surface area contributed by atoms with Crippen LogP contribution in [0.25, 0.3) is 0 Å². The molecule has 2 atom stereocenters. The SMILES string of the molecule is O=C1NC(=O)[C@@]2(Cc3cc([N+](=O)[O-])ccc3N3CCCC[C@H]32)C(=O)N1c1ccc(Cl)cc1. The summed E-state index contributed by atoms with van der Waals surface area (Å²) >= 11 is 5.96. The zero-order valence-electron chi connectivity index (χ0n) is 16.9. The first kappa shape index (κ1) is 20.4. The quantitative estimate of drug-likeness (QED) is 0.422. The second-order valence-corrected chi connectivity index (χ2v) is 8.74. The molecule has 2 saturated heterocycles. The Kier molecular flexibility index (Phi) is 4.67. The standard InChI is InChI=1S/C22H19ClN4O5/c23-14-4-6-15(7-5-14)26-20(29)22(19(28)24-21(26)30)12-13-11-16(27(31)32)8-9-17(13)25-10-2-1-3-18(22)25/h4-9,11,18H,1-3,10,12H2,(H,24,28,30)/t18-,22-/m0/s1. The van der Waals surface area contributed by atoms with Gasteiger partial charge in [-0.05, 0) is 55.2 Å². The number of hydrogen-bond donors (Lipinski definition) is 1. The van der Waals surface area contributed by atoms with Crippen LogP contribution in [0.3, 0.4) is 0 Å². The van der Waals surface area contributed by atoms with Crippen LogP contribution >= 0.6 is 11.6 Å². The van der Waals surface area contributed by atoms with E-state index in [4.69, 9.17) is 11.6 Å². The number of halogens is 1. The summed E-state index contributed by atoms with van der Waals surface area (Å²) in [6, 6.07) is 9.49. The van der Waals surface area contributed by atoms with E-state index >= 15 is 0 Å². The van der Waals surface area contributed by atoms with E-state index in [1.165, 1.54) is 12.1 Å². The number of carbonyl (C=O) groups is 3. The summed E-state index contributed by atoms with van der Waals surface area (Å²) in [6.07, 6.45) is 2.28. The van der Waals surface area contributed by atoms with Crippen molar-refractivity contribution in [2.24, 2.45) is 5.41 Å². The second kappa shape index (κ2) is 7.30. The van der Waals surface area contributed by atoms with Crippen molar-refractivity contribution in [3.8, 4) is 0 Å². The number of fused-ring (bicyclic) bond motifs is 4. The fraction of sp³-hybridized carbons (Fsp3) is 0.318. The summed E-state index contributed by atoms with van der Waals surface area (Å²) in [6.45, 7) is 0.618. The predicted molar refractivity (Wildman–Crippen MR) is 117 cm³/mol. The van der Waals surface area contributed by atoms with Crippen molar-refractivity contribution in [1.82, 2.24) is 5.32 Å². The Morgan fingerprint density at radius 1 is 1.09 bits per heavy atom. The predicted octanol–water partition coefficient (Wildman–Crippen LogP) is 3.43. The summed E-state index contributed by atoms with van der Waals surface area (Å²) in [5.74, 6) is -1.28. The van der Waals surface area contributed by atoms with Crippen LogP contribution < -0.4 is 15.1 Å². The molecule has 3 heterocycles. The molecule has 2 aromatic carbocycles. The fourth-order valence-corrected chi connectivity index (χ4v) is 5.31. The molecule has 2 aromatic rings. The van der Waals surface area contributed by atoms with Gasteiger partial charge in [0, 0.05) is 35.8 Å². The number of nitrogens with zero attached hydrogens (tertiary/aromatic N) is 3. The maximum Gasteiger partial charge on any atom is 0.335 e. The summed E-state index contributed by atoms with van der Waals surface area (Å²) < 4.78 is 0. The van der Waals surface area contributed by atoms with Crippen molar-refractivity contribution in [2.75, 3.05) is 16.3 Å². The molecule has 32 heavy (non-hydrogen) atoms. The number of non-ortho nitro benzene ring substituents is 1. The van der Waals surface area contributed by atoms with Crippen LogP contribution in [0, 0.1) is 15.5 Å². The van der Waals surface area contributed by atoms with Crippen molar-refractivity contribution < 1.29 is 19.3 Å². The number of hydrogen-bond acceptors (Lipinski definition) is 6. The van der Waals surface area contributed by atoms with Crippen molar-refractivity contribution in [1.29, 1.82) is 0 Å². The van der Waals surface area contributed by atoms with Crippen molar-refractivity contribution in [3.05, 3.63) is 63.2 Å². The van der Waals surface area contributed by atoms with Gasteiger partial charge < -0.3 is 4.90 Å². The molecule has 0 unspecified atom stereocenters. The molecular weight excluding hydrogens is 436 g/mol. The lowest BCUT2D eigenvalue weighted by molar-refractivity contribution is -0.384. The molecule has 0 bridgehead atoms. The zero-order chi connectivity index (χ0) is 22.6. The highest BCUT2D eigenvalue weighted by atomic mass is 35.5. The summed E-state index contributed by atoms with van der Waals surface area (Å²) in [4.78, 5) is 53.8. The first-order chi connectivity index (χ1) is 15.3. The average Bonchev–Trinajstić information content (AvgIpc) is 2.78. The largest absolute Gasteiger partial charge is 0.367 e. The minimum Gasteiger partial charge on any atom is -0.367 e. The van der Waals surface area contributed by atoms with Gasteiger partial charge in [-0.1, -0.05) is 11.6 Å². The molecule has 5 rings (SSSR count). The number of nitro groups is 1. The second-order valence-electron chi connectivity index (χ2n) is 8.30. The van der Waals surface area contributed by atoms with Gasteiger partial charge in [0.25, 0.3) is 11.6 Å². The van der Waals surface area contributed by atoms with Crippen LogP contribution in [-0.4, -0.2) is 35.4 Å². The number of anilines is 2. The first-order valence-corrected chi connectivity index (χ1v) is 10.7. The van der Waals surface area contributed by atoms with E-state index in [9.17, 15) is 24.5 Å². The van der Waals surface area contributed by atoms with Gasteiger partial charge in [-0.3, -0.25) is 25.0 Å². The minimum absolute atomic E-state index is 0.0206. The van der Waals surface area contributed by atoms with E-state index in [0.717, 1.165) is 23.4 Å². The summed E-state index contributed by atoms with van der Waals surface area (Å²) in [7, 11) is 0. The smallest absolute Gasteiger partial charge is 0.335 e. The normalized spacial score (nSPS) is 24.8. The van der Waals surface area contributed by atoms with E-state index in [2.05, 4.69) is 5.32 Å². The van der Waals surface area contributed by atoms with Gasteiger partial charge in [0.2, 0.25) is 5.91 Å². The molecular formula is C22H19ClN4O5. The van der Waals surface area contributed by atoms with Gasteiger partial charge in [-0.2, -0.15) is 0 Å². The van der Waals surface area contributed by atoms with Crippen LogP contribution in [0.2, 0.25) is 5.02 Å². The van der Waals surface area contributed by atoms with Gasteiger partial charge in [0.15, 0.2) is 5.41 Å². The minimum atomic E-state index is -1.57. The van der Waals surface area contributed by atoms with Crippen molar-refractivity contribution in [3.63, 3.8) is 0 Å². The van der Waals surface area contributed by atoms with Gasteiger partial charge in [0.1, 0.15) is 0 Å². The van der Waals surface area contributed by atoms with E-state index in [1.54, 1.807) is 30.3 Å². The summed E-state index contributed by atoms with van der Waals surface area (Å²) in [5.41, 5.74) is -0.0386. The molecule has 0 saturated carbocycles. The molecule has 164 valence electrons. The highest BCUT2D eigenvalue weighted by Crippen LogP contribution is 2.48. The number of nitrogens with one attached hydrogen (secondary N) is 1. The number of benzene rings is 2. The van der Waals surface area contributed by atoms with Gasteiger partial charge in [-0.25, -0.2) is 9.69 Å². The van der Waals surface area contributed by atoms with E-state index in [1.807, 2.05) is 4.90 Å². The molecule has 1 spiro atoms. The summed E-state index contributed by atoms with van der Waals surface area (Å²) in [5, 5.41) is 14.2. The lowest BCUT2D eigenvalue weighted by Gasteiger charge is -2.53. The lowest BCUT2D eigenvalue weighted by Crippen LogP contribution is -2.72. The number of urea groups is 1. The molecule has 9 nitrogen and oxygen atoms in total. The van der Waals surface area contributed by atoms with Crippen molar-refractivity contribution in [2.45, 2.75) is 31.7 Å². The zero-order valence-corrected chi connectivity index (χ0v) is 17.7. The number of piperidine rings is 1. The average molecular weight is 455 g/mol. The highest BCUT2D eigenvalue weighted by molar-refractivity contribution is 6.32. The van der Waals surface area contributed by atoms with Crippen LogP contribution in [0.5, 0.6) is 0 Å². The molecule has 10 heteroatoms. The van der Waals surface area contributed by atoms with E-state index in [-0.39, 0.29) is 12.1 Å². The van der Waals surface area contributed by atoms with E-state index < -0.39 is 34.2 Å². The monoisotopic (exact) mass is 454 g/mol. The van der Waals surface area contributed by atoms with Gasteiger partial charge in [0.05, 0.1) is 16.7 Å². The number of amides is 4. The third kappa shape index (κ3) is 2.88. The maximum absolute atomic E-state index is 13.9. The van der Waals surface area contributed by atoms with E-state index in [0.29, 0.717) is 29.2 Å². The third-order valence-electron chi connectivity index (χ3n) is 6.62. The highest BCUT2D eigenvalue weighted by Gasteiger charge is 2.62. The molecule has 0 radical (unpaired) electrons. The maximum atomic E-state index is 13.9. The molecule has 1 N–H and O–H groups in total. The van der Waals surface area contributed by atoms with Crippen molar-refractivity contribution >= 4 is 46.5 Å². The molecule has 2 fully saturated rings. The van der Waals surface area contributed by atoms with Crippen LogP contribution in [-0.2, 0) is 16.0 Å². The number of rotatable bonds is 2. The fourth-order valence-electron chi connectivity index (χ4n) is 5.19. The Morgan fingerprint density at radius 2 is 1.84 bits per heavy atom. The van der Waals surface area contributed by atoms with Crippen LogP contribution in [0.1, 0.15) is 24.8 Å². The number of barbiturate groups is 1. The Balaban J connectivity index is 1.66. The topological polar surface area (TPSA) is 113 Å². The molecule has 0 aliphatic carbocycles. The Morgan fingerprint density at radius 3 is 2.56 bits per heavy atom. The third-order valence-corrected chi connectivity index (χ3v) is 6.87. The van der Waals surface area contributed by atoms with Crippen LogP contribution in [0.4, 0.5) is 21.9 Å². The Hall–Kier alpha value is -3.46. The molecule has 4 amide bonds. The number of imide groups is 2. The number of nitro benzene ring substituents is 1. The van der Waals surface area contributed by atoms with Gasteiger partial charge >= 0.3 is 6.03 Å². The Labute approximate surface area is 188 Å². The number of carbonyl (C=O) groups excluding carboxylic acids is 3. The first-order valence-electron chi connectivity index (χ1n) is 10.3. The lowest BCUT2D eigenvalue weighted by atomic mass is 9.66. The Bertz CT molecular complexity index is 1170. The molecule has 0 aromatic heterocycles.